The molecule has 1 unspecified atom stereocenters. The highest BCUT2D eigenvalue weighted by Crippen LogP contribution is 2.28. The molecule has 1 aromatic carbocycles. The van der Waals surface area contributed by atoms with Crippen LogP contribution in [0.15, 0.2) is 24.3 Å². The number of ether oxygens (including phenoxy) is 3. The van der Waals surface area contributed by atoms with Gasteiger partial charge < -0.3 is 18.8 Å². The van der Waals surface area contributed by atoms with Gasteiger partial charge in [-0.3, -0.25) is 4.79 Å². The predicted molar refractivity (Wildman–Crippen MR) is 85.8 cm³/mol. The maximum atomic E-state index is 11.7. The molecule has 1 aliphatic heterocycles. The maximum absolute atomic E-state index is 11.7. The summed E-state index contributed by atoms with van der Waals surface area (Å²) < 4.78 is 18.2. The molecule has 0 bridgehead atoms. The first-order valence-corrected chi connectivity index (χ1v) is 8.06. The molecule has 2 aromatic rings. The summed E-state index contributed by atoms with van der Waals surface area (Å²) in [4.78, 5) is 11.7. The first kappa shape index (κ1) is 16.3. The number of esters is 1. The summed E-state index contributed by atoms with van der Waals surface area (Å²) in [6.07, 6.45) is 1.27. The first-order valence-electron chi connectivity index (χ1n) is 8.06. The van der Waals surface area contributed by atoms with Crippen molar-refractivity contribution in [3.05, 3.63) is 35.9 Å². The van der Waals surface area contributed by atoms with Crippen molar-refractivity contribution in [2.24, 2.45) is 5.92 Å². The highest BCUT2D eigenvalue weighted by Gasteiger charge is 2.28. The molecule has 0 amide bonds. The highest BCUT2D eigenvalue weighted by atomic mass is 16.5. The molecule has 0 N–H and O–H groups in total. The third-order valence-corrected chi connectivity index (χ3v) is 4.07. The third-order valence-electron chi connectivity index (χ3n) is 4.07. The number of methoxy groups -OCH3 is 1. The van der Waals surface area contributed by atoms with Gasteiger partial charge in [-0.25, -0.2) is 0 Å². The van der Waals surface area contributed by atoms with Crippen molar-refractivity contribution in [3.63, 3.8) is 0 Å². The van der Waals surface area contributed by atoms with Crippen molar-refractivity contribution in [1.82, 2.24) is 14.8 Å². The second kappa shape index (κ2) is 7.33. The van der Waals surface area contributed by atoms with E-state index in [1.54, 1.807) is 0 Å². The predicted octanol–water partition coefficient (Wildman–Crippen LogP) is 1.99. The largest absolute Gasteiger partial charge is 0.490 e. The normalized spacial score (nSPS) is 16.3. The molecule has 1 atom stereocenters. The Bertz CT molecular complexity index is 714. The summed E-state index contributed by atoms with van der Waals surface area (Å²) in [7, 11) is 1.41. The maximum Gasteiger partial charge on any atom is 0.309 e. The van der Waals surface area contributed by atoms with E-state index in [2.05, 4.69) is 10.2 Å². The van der Waals surface area contributed by atoms with E-state index in [4.69, 9.17) is 14.2 Å². The van der Waals surface area contributed by atoms with Gasteiger partial charge in [-0.05, 0) is 25.5 Å². The summed E-state index contributed by atoms with van der Waals surface area (Å²) in [5.41, 5.74) is 0. The van der Waals surface area contributed by atoms with Crippen molar-refractivity contribution < 1.29 is 19.0 Å². The molecule has 24 heavy (non-hydrogen) atoms. The number of nitrogens with zero attached hydrogens (tertiary/aromatic N) is 3. The Morgan fingerprint density at radius 3 is 2.71 bits per heavy atom. The van der Waals surface area contributed by atoms with Gasteiger partial charge in [0.1, 0.15) is 12.4 Å². The molecule has 0 radical (unpaired) electrons. The monoisotopic (exact) mass is 331 g/mol. The van der Waals surface area contributed by atoms with Crippen LogP contribution in [0, 0.1) is 5.92 Å². The fourth-order valence-corrected chi connectivity index (χ4v) is 2.85. The summed E-state index contributed by atoms with van der Waals surface area (Å²) in [5.74, 6) is 2.61. The van der Waals surface area contributed by atoms with Gasteiger partial charge in [-0.2, -0.15) is 0 Å². The summed E-state index contributed by atoms with van der Waals surface area (Å²) in [6, 6.07) is 7.55. The molecule has 2 heterocycles. The van der Waals surface area contributed by atoms with Gasteiger partial charge in [0.15, 0.2) is 17.3 Å². The standard InChI is InChI=1S/C17H21N3O4/c1-3-23-13-6-4-5-7-14(13)24-11-16-19-18-15-10-12(17(21)22-2)8-9-20(15)16/h4-7,12H,3,8-11H2,1-2H3. The second-order valence-electron chi connectivity index (χ2n) is 5.57. The number of carbonyl (C=O) groups is 1. The molecule has 0 aliphatic carbocycles. The number of hydrogen-bond donors (Lipinski definition) is 0. The molecule has 0 saturated heterocycles. The fraction of sp³-hybridized carbons (Fsp3) is 0.471. The Labute approximate surface area is 140 Å². The van der Waals surface area contributed by atoms with E-state index >= 15 is 0 Å². The van der Waals surface area contributed by atoms with Crippen LogP contribution < -0.4 is 9.47 Å². The van der Waals surface area contributed by atoms with Crippen molar-refractivity contribution in [3.8, 4) is 11.5 Å². The number of benzene rings is 1. The quantitative estimate of drug-likeness (QED) is 0.754. The van der Waals surface area contributed by atoms with Crippen LogP contribution in [0.1, 0.15) is 25.0 Å². The first-order chi connectivity index (χ1) is 11.7. The molecule has 3 rings (SSSR count). The van der Waals surface area contributed by atoms with E-state index in [9.17, 15) is 4.79 Å². The zero-order valence-electron chi connectivity index (χ0n) is 13.9. The van der Waals surface area contributed by atoms with Crippen LogP contribution in [0.5, 0.6) is 11.5 Å². The number of fused-ring (bicyclic) bond motifs is 1. The number of rotatable bonds is 6. The van der Waals surface area contributed by atoms with E-state index in [1.807, 2.05) is 35.8 Å². The van der Waals surface area contributed by atoms with Crippen LogP contribution >= 0.6 is 0 Å². The van der Waals surface area contributed by atoms with Gasteiger partial charge in [0.2, 0.25) is 0 Å². The Balaban J connectivity index is 1.68. The molecule has 1 aliphatic rings. The fourth-order valence-electron chi connectivity index (χ4n) is 2.85. The minimum absolute atomic E-state index is 0.140. The Morgan fingerprint density at radius 1 is 1.25 bits per heavy atom. The van der Waals surface area contributed by atoms with Crippen LogP contribution in [-0.4, -0.2) is 34.5 Å². The number of hydrogen-bond acceptors (Lipinski definition) is 6. The lowest BCUT2D eigenvalue weighted by Crippen LogP contribution is -2.27. The van der Waals surface area contributed by atoms with Gasteiger partial charge in [0.05, 0.1) is 19.6 Å². The molecular weight excluding hydrogens is 310 g/mol. The zero-order valence-corrected chi connectivity index (χ0v) is 13.9. The van der Waals surface area contributed by atoms with E-state index < -0.39 is 0 Å². The summed E-state index contributed by atoms with van der Waals surface area (Å²) in [5, 5.41) is 8.39. The topological polar surface area (TPSA) is 75.5 Å². The van der Waals surface area contributed by atoms with Gasteiger partial charge in [0.25, 0.3) is 0 Å². The molecule has 0 fully saturated rings. The van der Waals surface area contributed by atoms with Gasteiger partial charge in [0, 0.05) is 13.0 Å². The highest BCUT2D eigenvalue weighted by molar-refractivity contribution is 5.72. The average molecular weight is 331 g/mol. The van der Waals surface area contributed by atoms with Crippen molar-refractivity contribution >= 4 is 5.97 Å². The Hall–Kier alpha value is -2.57. The van der Waals surface area contributed by atoms with Crippen LogP contribution in [0.3, 0.4) is 0 Å². The Kier molecular flexibility index (Phi) is 4.98. The summed E-state index contributed by atoms with van der Waals surface area (Å²) in [6.45, 7) is 3.51. The molecular formula is C17H21N3O4. The van der Waals surface area contributed by atoms with Gasteiger partial charge >= 0.3 is 5.97 Å². The molecule has 0 saturated carbocycles. The van der Waals surface area contributed by atoms with E-state index in [1.165, 1.54) is 7.11 Å². The van der Waals surface area contributed by atoms with Crippen molar-refractivity contribution in [2.75, 3.05) is 13.7 Å². The molecule has 0 spiro atoms. The SMILES string of the molecule is CCOc1ccccc1OCc1nnc2n1CCC(C(=O)OC)C2. The summed E-state index contributed by atoms with van der Waals surface area (Å²) >= 11 is 0. The Morgan fingerprint density at radius 2 is 2.00 bits per heavy atom. The van der Waals surface area contributed by atoms with Gasteiger partial charge in [-0.1, -0.05) is 12.1 Å². The van der Waals surface area contributed by atoms with E-state index in [0.29, 0.717) is 37.7 Å². The molecule has 128 valence electrons. The third kappa shape index (κ3) is 3.34. The lowest BCUT2D eigenvalue weighted by atomic mass is 9.98. The van der Waals surface area contributed by atoms with E-state index in [0.717, 1.165) is 18.1 Å². The average Bonchev–Trinajstić information content (AvgIpc) is 3.03. The molecule has 7 heteroatoms. The van der Waals surface area contributed by atoms with Crippen LogP contribution in [0.25, 0.3) is 0 Å². The van der Waals surface area contributed by atoms with Crippen LogP contribution in [0.4, 0.5) is 0 Å². The smallest absolute Gasteiger partial charge is 0.309 e. The minimum atomic E-state index is -0.187. The van der Waals surface area contributed by atoms with Crippen LogP contribution in [-0.2, 0) is 29.1 Å². The van der Waals surface area contributed by atoms with Crippen LogP contribution in [0.2, 0.25) is 0 Å². The second-order valence-corrected chi connectivity index (χ2v) is 5.57. The van der Waals surface area contributed by atoms with Gasteiger partial charge in [-0.15, -0.1) is 10.2 Å². The number of para-hydroxylation sites is 2. The molecule has 7 nitrogen and oxygen atoms in total. The minimum Gasteiger partial charge on any atom is -0.490 e. The molecule has 1 aromatic heterocycles. The van der Waals surface area contributed by atoms with E-state index in [-0.39, 0.29) is 11.9 Å². The number of carbonyl (C=O) groups excluding carboxylic acids is 1. The van der Waals surface area contributed by atoms with Crippen molar-refractivity contribution in [1.29, 1.82) is 0 Å². The lowest BCUT2D eigenvalue weighted by molar-refractivity contribution is -0.146. The van der Waals surface area contributed by atoms with Crippen molar-refractivity contribution in [2.45, 2.75) is 32.9 Å². The lowest BCUT2D eigenvalue weighted by Gasteiger charge is -2.21. The number of aromatic nitrogens is 3. The zero-order chi connectivity index (χ0) is 16.9.